The minimum absolute atomic E-state index is 0.281. The van der Waals surface area contributed by atoms with E-state index in [1.54, 1.807) is 25.3 Å². The molecular weight excluding hydrogens is 228 g/mol. The van der Waals surface area contributed by atoms with Gasteiger partial charge in [-0.25, -0.2) is 5.48 Å². The van der Waals surface area contributed by atoms with Crippen LogP contribution in [0.15, 0.2) is 48.7 Å². The average molecular weight is 242 g/mol. The van der Waals surface area contributed by atoms with Gasteiger partial charge in [0.1, 0.15) is 0 Å². The molecule has 18 heavy (non-hydrogen) atoms. The molecule has 0 spiro atoms. The van der Waals surface area contributed by atoms with Gasteiger partial charge in [-0.15, -0.1) is 0 Å². The number of rotatable bonds is 4. The van der Waals surface area contributed by atoms with Crippen LogP contribution in [0, 0.1) is 6.92 Å². The number of aromatic nitrogens is 1. The van der Waals surface area contributed by atoms with Gasteiger partial charge in [-0.05, 0) is 24.6 Å². The zero-order valence-corrected chi connectivity index (χ0v) is 10.1. The van der Waals surface area contributed by atoms with Crippen molar-refractivity contribution in [2.24, 2.45) is 0 Å². The number of nitrogens with one attached hydrogen (secondary N) is 1. The van der Waals surface area contributed by atoms with Crippen LogP contribution in [0.4, 0.5) is 0 Å². The Bertz CT molecular complexity index is 526. The fourth-order valence-corrected chi connectivity index (χ4v) is 1.54. The van der Waals surface area contributed by atoms with Crippen molar-refractivity contribution in [3.63, 3.8) is 0 Å². The molecule has 1 aromatic heterocycles. The number of hydroxylamine groups is 1. The monoisotopic (exact) mass is 242 g/mol. The van der Waals surface area contributed by atoms with E-state index in [1.165, 1.54) is 0 Å². The lowest BCUT2D eigenvalue weighted by Crippen LogP contribution is -2.24. The van der Waals surface area contributed by atoms with Crippen molar-refractivity contribution in [1.29, 1.82) is 0 Å². The van der Waals surface area contributed by atoms with Crippen molar-refractivity contribution >= 4 is 5.91 Å². The molecule has 1 aromatic carbocycles. The smallest absolute Gasteiger partial charge is 0.269 e. The fraction of sp³-hybridized carbons (Fsp3) is 0.143. The first-order valence-electron chi connectivity index (χ1n) is 5.65. The highest BCUT2D eigenvalue weighted by atomic mass is 16.6. The van der Waals surface area contributed by atoms with Gasteiger partial charge in [0.2, 0.25) is 0 Å². The molecule has 0 fully saturated rings. The second-order valence-electron chi connectivity index (χ2n) is 3.84. The fourth-order valence-electron chi connectivity index (χ4n) is 1.54. The molecule has 0 unspecified atom stereocenters. The summed E-state index contributed by atoms with van der Waals surface area (Å²) in [6, 6.07) is 13.1. The molecule has 4 heteroatoms. The zero-order valence-electron chi connectivity index (χ0n) is 10.1. The normalized spacial score (nSPS) is 10.1. The topological polar surface area (TPSA) is 51.2 Å². The lowest BCUT2D eigenvalue weighted by atomic mass is 10.2. The number of hydrogen-bond donors (Lipinski definition) is 1. The molecule has 0 radical (unpaired) electrons. The van der Waals surface area contributed by atoms with Gasteiger partial charge in [0.15, 0.2) is 0 Å². The van der Waals surface area contributed by atoms with E-state index >= 15 is 0 Å². The largest absolute Gasteiger partial charge is 0.276 e. The maximum absolute atomic E-state index is 11.8. The molecule has 0 bridgehead atoms. The standard InChI is InChI=1S/C14H14N2O2/c1-11-13(8-5-9-15-11)14(17)16-18-10-12-6-3-2-4-7-12/h2-9H,10H2,1H3,(H,16,17). The van der Waals surface area contributed by atoms with Crippen LogP contribution in [0.2, 0.25) is 0 Å². The number of hydrogen-bond acceptors (Lipinski definition) is 3. The molecule has 2 rings (SSSR count). The van der Waals surface area contributed by atoms with E-state index in [0.29, 0.717) is 17.9 Å². The summed E-state index contributed by atoms with van der Waals surface area (Å²) in [5, 5.41) is 0. The van der Waals surface area contributed by atoms with Crippen molar-refractivity contribution in [3.05, 3.63) is 65.5 Å². The molecule has 0 aliphatic rings. The molecular formula is C14H14N2O2. The maximum Gasteiger partial charge on any atom is 0.276 e. The lowest BCUT2D eigenvalue weighted by molar-refractivity contribution is 0.0232. The highest BCUT2D eigenvalue weighted by Gasteiger charge is 2.08. The minimum atomic E-state index is -0.281. The van der Waals surface area contributed by atoms with Crippen molar-refractivity contribution in [2.75, 3.05) is 0 Å². The molecule has 1 amide bonds. The molecule has 1 heterocycles. The van der Waals surface area contributed by atoms with Gasteiger partial charge >= 0.3 is 0 Å². The van der Waals surface area contributed by atoms with Gasteiger partial charge in [0.25, 0.3) is 5.91 Å². The average Bonchev–Trinajstić information content (AvgIpc) is 2.40. The number of benzene rings is 1. The van der Waals surface area contributed by atoms with Gasteiger partial charge in [0.05, 0.1) is 17.9 Å². The SMILES string of the molecule is Cc1ncccc1C(=O)NOCc1ccccc1. The Hall–Kier alpha value is -2.20. The van der Waals surface area contributed by atoms with Crippen molar-refractivity contribution in [3.8, 4) is 0 Å². The molecule has 0 aliphatic carbocycles. The Morgan fingerprint density at radius 1 is 1.22 bits per heavy atom. The van der Waals surface area contributed by atoms with E-state index in [0.717, 1.165) is 5.56 Å². The Morgan fingerprint density at radius 3 is 2.72 bits per heavy atom. The number of amides is 1. The molecule has 2 aromatic rings. The Labute approximate surface area is 106 Å². The van der Waals surface area contributed by atoms with Crippen LogP contribution >= 0.6 is 0 Å². The summed E-state index contributed by atoms with van der Waals surface area (Å²) in [7, 11) is 0. The Kier molecular flexibility index (Phi) is 4.04. The van der Waals surface area contributed by atoms with Crippen LogP contribution < -0.4 is 5.48 Å². The third kappa shape index (κ3) is 3.15. The van der Waals surface area contributed by atoms with Crippen LogP contribution in [-0.4, -0.2) is 10.9 Å². The van der Waals surface area contributed by atoms with E-state index in [-0.39, 0.29) is 5.91 Å². The van der Waals surface area contributed by atoms with E-state index in [1.807, 2.05) is 30.3 Å². The van der Waals surface area contributed by atoms with Gasteiger partial charge in [-0.1, -0.05) is 30.3 Å². The molecule has 0 saturated heterocycles. The van der Waals surface area contributed by atoms with Crippen LogP contribution in [0.5, 0.6) is 0 Å². The highest BCUT2D eigenvalue weighted by molar-refractivity contribution is 5.94. The summed E-state index contributed by atoms with van der Waals surface area (Å²) in [6.07, 6.45) is 1.65. The second-order valence-corrected chi connectivity index (χ2v) is 3.84. The molecule has 92 valence electrons. The number of carbonyl (C=O) groups is 1. The summed E-state index contributed by atoms with van der Waals surface area (Å²) >= 11 is 0. The van der Waals surface area contributed by atoms with Crippen LogP contribution in [0.25, 0.3) is 0 Å². The minimum Gasteiger partial charge on any atom is -0.269 e. The zero-order chi connectivity index (χ0) is 12.8. The van der Waals surface area contributed by atoms with E-state index in [4.69, 9.17) is 4.84 Å². The third-order valence-corrected chi connectivity index (χ3v) is 2.50. The quantitative estimate of drug-likeness (QED) is 0.837. The number of nitrogens with zero attached hydrogens (tertiary/aromatic N) is 1. The first kappa shape index (κ1) is 12.3. The van der Waals surface area contributed by atoms with Crippen LogP contribution in [0.1, 0.15) is 21.6 Å². The summed E-state index contributed by atoms with van der Waals surface area (Å²) < 4.78 is 0. The highest BCUT2D eigenvalue weighted by Crippen LogP contribution is 2.04. The molecule has 0 saturated carbocycles. The first-order valence-corrected chi connectivity index (χ1v) is 5.65. The molecule has 4 nitrogen and oxygen atoms in total. The molecule has 0 atom stereocenters. The lowest BCUT2D eigenvalue weighted by Gasteiger charge is -2.07. The summed E-state index contributed by atoms with van der Waals surface area (Å²) in [4.78, 5) is 21.0. The molecule has 0 aliphatic heterocycles. The van der Waals surface area contributed by atoms with Crippen molar-refractivity contribution in [2.45, 2.75) is 13.5 Å². The summed E-state index contributed by atoms with van der Waals surface area (Å²) in [5.41, 5.74) is 4.61. The Balaban J connectivity index is 1.88. The first-order chi connectivity index (χ1) is 8.77. The van der Waals surface area contributed by atoms with Gasteiger partial charge in [0, 0.05) is 6.20 Å². The molecule has 1 N–H and O–H groups in total. The van der Waals surface area contributed by atoms with Gasteiger partial charge in [-0.2, -0.15) is 0 Å². The second kappa shape index (κ2) is 5.93. The third-order valence-electron chi connectivity index (χ3n) is 2.50. The van der Waals surface area contributed by atoms with E-state index in [9.17, 15) is 4.79 Å². The van der Waals surface area contributed by atoms with Crippen molar-refractivity contribution in [1.82, 2.24) is 10.5 Å². The van der Waals surface area contributed by atoms with Crippen molar-refractivity contribution < 1.29 is 9.63 Å². The maximum atomic E-state index is 11.8. The number of carbonyl (C=O) groups excluding carboxylic acids is 1. The van der Waals surface area contributed by atoms with Crippen LogP contribution in [0.3, 0.4) is 0 Å². The van der Waals surface area contributed by atoms with Crippen LogP contribution in [-0.2, 0) is 11.4 Å². The number of aryl methyl sites for hydroxylation is 1. The van der Waals surface area contributed by atoms with Gasteiger partial charge in [-0.3, -0.25) is 14.6 Å². The van der Waals surface area contributed by atoms with E-state index < -0.39 is 0 Å². The van der Waals surface area contributed by atoms with Gasteiger partial charge < -0.3 is 0 Å². The summed E-state index contributed by atoms with van der Waals surface area (Å²) in [5.74, 6) is -0.281. The Morgan fingerprint density at radius 2 is 2.00 bits per heavy atom. The summed E-state index contributed by atoms with van der Waals surface area (Å²) in [6.45, 7) is 2.12. The predicted octanol–water partition coefficient (Wildman–Crippen LogP) is 2.25. The predicted molar refractivity (Wildman–Crippen MR) is 67.7 cm³/mol. The van der Waals surface area contributed by atoms with E-state index in [2.05, 4.69) is 10.5 Å². The number of pyridine rings is 1.